The number of quaternary nitrogens is 1. The lowest BCUT2D eigenvalue weighted by atomic mass is 10.1. The van der Waals surface area contributed by atoms with Crippen molar-refractivity contribution in [3.8, 4) is 0 Å². The SMILES string of the molecule is COCC(O)C(CO)[N+](C)(C)[O-]. The van der Waals surface area contributed by atoms with Crippen molar-refractivity contribution < 1.29 is 19.6 Å². The summed E-state index contributed by atoms with van der Waals surface area (Å²) in [6, 6.07) is -0.745. The molecule has 0 saturated heterocycles. The van der Waals surface area contributed by atoms with Gasteiger partial charge in [-0.1, -0.05) is 0 Å². The molecule has 5 heteroatoms. The van der Waals surface area contributed by atoms with Crippen molar-refractivity contribution >= 4 is 0 Å². The van der Waals surface area contributed by atoms with Gasteiger partial charge in [0.2, 0.25) is 0 Å². The number of nitrogens with zero attached hydrogens (tertiary/aromatic N) is 1. The second-order valence-electron chi connectivity index (χ2n) is 3.21. The topological polar surface area (TPSA) is 72.8 Å². The lowest BCUT2D eigenvalue weighted by Crippen LogP contribution is -2.53. The normalized spacial score (nSPS) is 17.5. The zero-order chi connectivity index (χ0) is 9.78. The van der Waals surface area contributed by atoms with Gasteiger partial charge in [-0.3, -0.25) is 0 Å². The van der Waals surface area contributed by atoms with Gasteiger partial charge in [0.1, 0.15) is 12.1 Å². The molecule has 0 saturated carbocycles. The van der Waals surface area contributed by atoms with Gasteiger partial charge in [-0.2, -0.15) is 0 Å². The molecule has 5 nitrogen and oxygen atoms in total. The molecule has 0 amide bonds. The van der Waals surface area contributed by atoms with Crippen molar-refractivity contribution in [3.63, 3.8) is 0 Å². The summed E-state index contributed by atoms with van der Waals surface area (Å²) >= 11 is 0. The Kier molecular flexibility index (Phi) is 4.66. The van der Waals surface area contributed by atoms with E-state index in [1.807, 2.05) is 0 Å². The van der Waals surface area contributed by atoms with E-state index in [0.29, 0.717) is 0 Å². The highest BCUT2D eigenvalue weighted by Gasteiger charge is 2.27. The minimum atomic E-state index is -0.924. The first-order chi connectivity index (χ1) is 5.43. The van der Waals surface area contributed by atoms with E-state index in [9.17, 15) is 10.3 Å². The summed E-state index contributed by atoms with van der Waals surface area (Å²) in [6.45, 7) is -0.282. The van der Waals surface area contributed by atoms with Crippen LogP contribution in [0.5, 0.6) is 0 Å². The number of rotatable bonds is 5. The highest BCUT2D eigenvalue weighted by molar-refractivity contribution is 4.68. The zero-order valence-corrected chi connectivity index (χ0v) is 7.73. The van der Waals surface area contributed by atoms with Gasteiger partial charge in [0.25, 0.3) is 0 Å². The summed E-state index contributed by atoms with van der Waals surface area (Å²) < 4.78 is 3.95. The van der Waals surface area contributed by atoms with E-state index in [0.717, 1.165) is 0 Å². The Bertz CT molecular complexity index is 123. The number of hydrogen-bond donors (Lipinski definition) is 2. The zero-order valence-electron chi connectivity index (χ0n) is 7.73. The number of likely N-dealkylation sites (N-methyl/N-ethyl adjacent to an activating group) is 1. The molecule has 0 aromatic rings. The van der Waals surface area contributed by atoms with Crippen molar-refractivity contribution in [2.45, 2.75) is 12.1 Å². The minimum Gasteiger partial charge on any atom is -0.633 e. The number of methoxy groups -OCH3 is 1. The van der Waals surface area contributed by atoms with Crippen LogP contribution >= 0.6 is 0 Å². The Morgan fingerprint density at radius 3 is 2.25 bits per heavy atom. The first-order valence-electron chi connectivity index (χ1n) is 3.76. The van der Waals surface area contributed by atoms with Crippen molar-refractivity contribution in [1.29, 1.82) is 0 Å². The highest BCUT2D eigenvalue weighted by atomic mass is 16.5. The van der Waals surface area contributed by atoms with E-state index in [2.05, 4.69) is 4.74 Å². The Labute approximate surface area is 72.3 Å². The molecule has 0 radical (unpaired) electrons. The molecule has 0 aliphatic rings. The maximum Gasteiger partial charge on any atom is 0.140 e. The van der Waals surface area contributed by atoms with Crippen molar-refractivity contribution in [2.24, 2.45) is 0 Å². The molecule has 2 N–H and O–H groups in total. The lowest BCUT2D eigenvalue weighted by molar-refractivity contribution is -0.871. The van der Waals surface area contributed by atoms with Crippen LogP contribution in [-0.2, 0) is 4.74 Å². The van der Waals surface area contributed by atoms with E-state index < -0.39 is 16.8 Å². The molecule has 2 unspecified atom stereocenters. The fraction of sp³-hybridized carbons (Fsp3) is 1.00. The number of aliphatic hydroxyl groups excluding tert-OH is 2. The quantitative estimate of drug-likeness (QED) is 0.416. The summed E-state index contributed by atoms with van der Waals surface area (Å²) in [6.07, 6.45) is -0.924. The van der Waals surface area contributed by atoms with E-state index in [4.69, 9.17) is 5.11 Å². The number of hydrogen-bond acceptors (Lipinski definition) is 4. The number of hydroxylamine groups is 3. The molecule has 0 aromatic carbocycles. The molecular weight excluding hydrogens is 162 g/mol. The van der Waals surface area contributed by atoms with Crippen molar-refractivity contribution in [3.05, 3.63) is 5.21 Å². The predicted octanol–water partition coefficient (Wildman–Crippen LogP) is -1.07. The average molecular weight is 179 g/mol. The number of ether oxygens (including phenoxy) is 1. The fourth-order valence-electron chi connectivity index (χ4n) is 1.01. The molecular formula is C7H17NO4. The third-order valence-electron chi connectivity index (χ3n) is 1.77. The lowest BCUT2D eigenvalue weighted by Gasteiger charge is -2.42. The molecule has 74 valence electrons. The third-order valence-corrected chi connectivity index (χ3v) is 1.77. The van der Waals surface area contributed by atoms with E-state index in [-0.39, 0.29) is 13.2 Å². The molecule has 0 aliphatic carbocycles. The minimum absolute atomic E-state index is 0.0646. The van der Waals surface area contributed by atoms with Crippen LogP contribution in [0.4, 0.5) is 0 Å². The standard InChI is InChI=1S/C7H17NO4/c1-8(2,11)6(4-9)7(10)5-12-3/h6-7,9-10H,4-5H2,1-3H3. The van der Waals surface area contributed by atoms with Crippen LogP contribution in [0.25, 0.3) is 0 Å². The molecule has 0 aromatic heterocycles. The third kappa shape index (κ3) is 3.46. The summed E-state index contributed by atoms with van der Waals surface area (Å²) in [4.78, 5) is 0. The van der Waals surface area contributed by atoms with Gasteiger partial charge < -0.3 is 24.8 Å². The Morgan fingerprint density at radius 1 is 1.50 bits per heavy atom. The van der Waals surface area contributed by atoms with Crippen molar-refractivity contribution in [1.82, 2.24) is 0 Å². The van der Waals surface area contributed by atoms with Crippen LogP contribution in [-0.4, -0.2) is 61.4 Å². The highest BCUT2D eigenvalue weighted by Crippen LogP contribution is 2.08. The molecule has 0 heterocycles. The van der Waals surface area contributed by atoms with Crippen LogP contribution in [0.1, 0.15) is 0 Å². The van der Waals surface area contributed by atoms with Crippen LogP contribution < -0.4 is 0 Å². The predicted molar refractivity (Wildman–Crippen MR) is 44.2 cm³/mol. The molecule has 0 rings (SSSR count). The van der Waals surface area contributed by atoms with Gasteiger partial charge in [-0.05, 0) is 0 Å². The smallest absolute Gasteiger partial charge is 0.140 e. The molecule has 0 bridgehead atoms. The molecule has 12 heavy (non-hydrogen) atoms. The van der Waals surface area contributed by atoms with Gasteiger partial charge in [0.15, 0.2) is 0 Å². The van der Waals surface area contributed by atoms with Crippen LogP contribution in [0.2, 0.25) is 0 Å². The van der Waals surface area contributed by atoms with E-state index >= 15 is 0 Å². The molecule has 0 spiro atoms. The van der Waals surface area contributed by atoms with Gasteiger partial charge in [-0.15, -0.1) is 0 Å². The molecule has 0 fully saturated rings. The first-order valence-corrected chi connectivity index (χ1v) is 3.76. The van der Waals surface area contributed by atoms with Gasteiger partial charge in [0.05, 0.1) is 27.3 Å². The summed E-state index contributed by atoms with van der Waals surface area (Å²) in [5.41, 5.74) is 0. The summed E-state index contributed by atoms with van der Waals surface area (Å²) in [5.74, 6) is 0. The fourth-order valence-corrected chi connectivity index (χ4v) is 1.01. The second-order valence-corrected chi connectivity index (χ2v) is 3.21. The monoisotopic (exact) mass is 179 g/mol. The Balaban J connectivity index is 4.14. The van der Waals surface area contributed by atoms with Gasteiger partial charge in [-0.25, -0.2) is 0 Å². The van der Waals surface area contributed by atoms with Gasteiger partial charge >= 0.3 is 0 Å². The Hall–Kier alpha value is -0.200. The van der Waals surface area contributed by atoms with E-state index in [1.54, 1.807) is 0 Å². The first kappa shape index (κ1) is 11.8. The number of aliphatic hydroxyl groups is 2. The Morgan fingerprint density at radius 2 is 2.00 bits per heavy atom. The summed E-state index contributed by atoms with van der Waals surface area (Å²) in [7, 11) is 4.18. The molecule has 0 aliphatic heterocycles. The summed E-state index contributed by atoms with van der Waals surface area (Å²) in [5, 5.41) is 29.5. The van der Waals surface area contributed by atoms with Crippen LogP contribution in [0.3, 0.4) is 0 Å². The average Bonchev–Trinajstić information content (AvgIpc) is 1.85. The largest absolute Gasteiger partial charge is 0.633 e. The van der Waals surface area contributed by atoms with Crippen LogP contribution in [0.15, 0.2) is 0 Å². The maximum atomic E-state index is 11.3. The molecule has 2 atom stereocenters. The van der Waals surface area contributed by atoms with Gasteiger partial charge in [0, 0.05) is 7.11 Å². The second kappa shape index (κ2) is 4.74. The van der Waals surface area contributed by atoms with Crippen molar-refractivity contribution in [2.75, 3.05) is 34.4 Å². The van der Waals surface area contributed by atoms with E-state index in [1.165, 1.54) is 21.2 Å². The maximum absolute atomic E-state index is 11.3. The van der Waals surface area contributed by atoms with Crippen LogP contribution in [0, 0.1) is 5.21 Å².